The third-order valence-electron chi connectivity index (χ3n) is 3.42. The topological polar surface area (TPSA) is 50.7 Å². The van der Waals surface area contributed by atoms with Crippen LogP contribution in [-0.4, -0.2) is 18.9 Å². The Hall–Kier alpha value is -2.88. The fourth-order valence-corrected chi connectivity index (χ4v) is 2.21. The zero-order valence-corrected chi connectivity index (χ0v) is 12.5. The average molecular weight is 292 g/mol. The number of nitrogens with one attached hydrogen (secondary N) is 1. The molecule has 22 heavy (non-hydrogen) atoms. The number of ether oxygens (including phenoxy) is 1. The first-order valence-electron chi connectivity index (χ1n) is 6.98. The molecular formula is C18H16N2O2. The Balaban J connectivity index is 1.92. The van der Waals surface area contributed by atoms with Gasteiger partial charge in [0.25, 0.3) is 5.91 Å². The highest BCUT2D eigenvalue weighted by Crippen LogP contribution is 2.18. The second-order valence-electron chi connectivity index (χ2n) is 5.09. The molecule has 1 heterocycles. The van der Waals surface area contributed by atoms with E-state index >= 15 is 0 Å². The molecule has 110 valence electrons. The van der Waals surface area contributed by atoms with E-state index in [1.807, 2.05) is 55.5 Å². The average Bonchev–Trinajstić information content (AvgIpc) is 2.89. The number of aryl methyl sites for hydroxylation is 1. The van der Waals surface area contributed by atoms with Gasteiger partial charge in [-0.2, -0.15) is 0 Å². The summed E-state index contributed by atoms with van der Waals surface area (Å²) in [4.78, 5) is 16.5. The number of amides is 1. The van der Waals surface area contributed by atoms with Crippen LogP contribution in [0, 0.1) is 6.92 Å². The number of hydrogen-bond donors (Lipinski definition) is 1. The standard InChI is InChI=1S/C18H16N2O2/c1-12-6-8-14(9-7-12)17-19-16(18(21)20-17)11-13-4-3-5-15(10-13)22-2/h3-11H,1-2H3,(H,19,20,21). The molecule has 0 fully saturated rings. The van der Waals surface area contributed by atoms with Gasteiger partial charge in [0.05, 0.1) is 7.11 Å². The summed E-state index contributed by atoms with van der Waals surface area (Å²) in [5.41, 5.74) is 3.33. The summed E-state index contributed by atoms with van der Waals surface area (Å²) in [6, 6.07) is 15.4. The van der Waals surface area contributed by atoms with Gasteiger partial charge < -0.3 is 10.1 Å². The predicted octanol–water partition coefficient (Wildman–Crippen LogP) is 2.92. The molecule has 1 N–H and O–H groups in total. The maximum atomic E-state index is 12.1. The first-order chi connectivity index (χ1) is 10.7. The van der Waals surface area contributed by atoms with E-state index in [1.165, 1.54) is 5.56 Å². The summed E-state index contributed by atoms with van der Waals surface area (Å²) < 4.78 is 5.18. The van der Waals surface area contributed by atoms with Crippen LogP contribution in [-0.2, 0) is 4.79 Å². The van der Waals surface area contributed by atoms with Crippen LogP contribution >= 0.6 is 0 Å². The van der Waals surface area contributed by atoms with Crippen molar-refractivity contribution in [3.8, 4) is 5.75 Å². The summed E-state index contributed by atoms with van der Waals surface area (Å²) in [6.07, 6.45) is 1.75. The van der Waals surface area contributed by atoms with Crippen molar-refractivity contribution in [2.75, 3.05) is 7.11 Å². The quantitative estimate of drug-likeness (QED) is 0.884. The van der Waals surface area contributed by atoms with Gasteiger partial charge in [0.1, 0.15) is 17.3 Å². The number of rotatable bonds is 3. The molecule has 3 rings (SSSR count). The highest BCUT2D eigenvalue weighted by molar-refractivity contribution is 6.19. The number of benzene rings is 2. The van der Waals surface area contributed by atoms with E-state index in [0.29, 0.717) is 11.5 Å². The first kappa shape index (κ1) is 14.1. The van der Waals surface area contributed by atoms with Crippen LogP contribution in [0.1, 0.15) is 16.7 Å². The van der Waals surface area contributed by atoms with Gasteiger partial charge in [0, 0.05) is 5.56 Å². The van der Waals surface area contributed by atoms with E-state index in [-0.39, 0.29) is 5.91 Å². The van der Waals surface area contributed by atoms with Crippen molar-refractivity contribution in [1.29, 1.82) is 0 Å². The molecule has 1 amide bonds. The lowest BCUT2D eigenvalue weighted by atomic mass is 10.1. The smallest absolute Gasteiger partial charge is 0.275 e. The maximum Gasteiger partial charge on any atom is 0.275 e. The number of carbonyl (C=O) groups excluding carboxylic acids is 1. The Morgan fingerprint density at radius 3 is 2.64 bits per heavy atom. The Morgan fingerprint density at radius 2 is 1.91 bits per heavy atom. The van der Waals surface area contributed by atoms with Crippen LogP contribution in [0.15, 0.2) is 59.2 Å². The SMILES string of the molecule is COc1cccc(C=C2N=C(c3ccc(C)cc3)NC2=O)c1. The lowest BCUT2D eigenvalue weighted by Crippen LogP contribution is -2.24. The van der Waals surface area contributed by atoms with Crippen LogP contribution in [0.3, 0.4) is 0 Å². The molecule has 0 atom stereocenters. The summed E-state index contributed by atoms with van der Waals surface area (Å²) in [6.45, 7) is 2.02. The van der Waals surface area contributed by atoms with Crippen LogP contribution in [0.4, 0.5) is 0 Å². The predicted molar refractivity (Wildman–Crippen MR) is 86.8 cm³/mol. The van der Waals surface area contributed by atoms with Crippen LogP contribution in [0.2, 0.25) is 0 Å². The van der Waals surface area contributed by atoms with Crippen LogP contribution in [0.25, 0.3) is 6.08 Å². The van der Waals surface area contributed by atoms with E-state index in [0.717, 1.165) is 16.9 Å². The third-order valence-corrected chi connectivity index (χ3v) is 3.42. The van der Waals surface area contributed by atoms with Crippen molar-refractivity contribution in [3.63, 3.8) is 0 Å². The fraction of sp³-hybridized carbons (Fsp3) is 0.111. The molecule has 0 aliphatic carbocycles. The van der Waals surface area contributed by atoms with Crippen molar-refractivity contribution < 1.29 is 9.53 Å². The fourth-order valence-electron chi connectivity index (χ4n) is 2.21. The number of nitrogens with zero attached hydrogens (tertiary/aromatic N) is 1. The van der Waals surface area contributed by atoms with Gasteiger partial charge in [0.15, 0.2) is 0 Å². The summed E-state index contributed by atoms with van der Waals surface area (Å²) in [7, 11) is 1.61. The van der Waals surface area contributed by atoms with Crippen molar-refractivity contribution >= 4 is 17.8 Å². The third kappa shape index (κ3) is 2.91. The van der Waals surface area contributed by atoms with E-state index < -0.39 is 0 Å². The van der Waals surface area contributed by atoms with Gasteiger partial charge in [-0.05, 0) is 30.7 Å². The Morgan fingerprint density at radius 1 is 1.14 bits per heavy atom. The lowest BCUT2D eigenvalue weighted by molar-refractivity contribution is -0.115. The van der Waals surface area contributed by atoms with E-state index in [1.54, 1.807) is 13.2 Å². The highest BCUT2D eigenvalue weighted by Gasteiger charge is 2.20. The largest absolute Gasteiger partial charge is 0.497 e. The molecule has 2 aromatic rings. The van der Waals surface area contributed by atoms with Gasteiger partial charge in [-0.25, -0.2) is 4.99 Å². The second kappa shape index (κ2) is 5.85. The van der Waals surface area contributed by atoms with Gasteiger partial charge in [-0.3, -0.25) is 4.79 Å². The zero-order chi connectivity index (χ0) is 15.5. The molecule has 0 spiro atoms. The highest BCUT2D eigenvalue weighted by atomic mass is 16.5. The number of methoxy groups -OCH3 is 1. The molecular weight excluding hydrogens is 276 g/mol. The molecule has 0 saturated carbocycles. The Labute approximate surface area is 129 Å². The summed E-state index contributed by atoms with van der Waals surface area (Å²) in [5, 5.41) is 2.80. The first-order valence-corrected chi connectivity index (χ1v) is 6.98. The van der Waals surface area contributed by atoms with E-state index in [4.69, 9.17) is 4.74 Å². The summed E-state index contributed by atoms with van der Waals surface area (Å²) >= 11 is 0. The molecule has 0 saturated heterocycles. The van der Waals surface area contributed by atoms with Crippen molar-refractivity contribution in [1.82, 2.24) is 5.32 Å². The number of amidine groups is 1. The van der Waals surface area contributed by atoms with Gasteiger partial charge in [-0.1, -0.05) is 42.0 Å². The summed E-state index contributed by atoms with van der Waals surface area (Å²) in [5.74, 6) is 1.13. The van der Waals surface area contributed by atoms with E-state index in [2.05, 4.69) is 10.3 Å². The molecule has 1 aliphatic rings. The number of carbonyl (C=O) groups is 1. The van der Waals surface area contributed by atoms with E-state index in [9.17, 15) is 4.79 Å². The van der Waals surface area contributed by atoms with Crippen molar-refractivity contribution in [2.24, 2.45) is 4.99 Å². The molecule has 2 aromatic carbocycles. The van der Waals surface area contributed by atoms with Gasteiger partial charge >= 0.3 is 0 Å². The maximum absolute atomic E-state index is 12.1. The minimum absolute atomic E-state index is 0.196. The van der Waals surface area contributed by atoms with Gasteiger partial charge in [-0.15, -0.1) is 0 Å². The normalized spacial score (nSPS) is 15.6. The number of hydrogen-bond acceptors (Lipinski definition) is 3. The Kier molecular flexibility index (Phi) is 3.74. The van der Waals surface area contributed by atoms with Crippen LogP contribution in [0.5, 0.6) is 5.75 Å². The van der Waals surface area contributed by atoms with Gasteiger partial charge in [0.2, 0.25) is 0 Å². The zero-order valence-electron chi connectivity index (χ0n) is 12.5. The Bertz CT molecular complexity index is 774. The monoisotopic (exact) mass is 292 g/mol. The minimum atomic E-state index is -0.196. The molecule has 0 bridgehead atoms. The molecule has 0 aromatic heterocycles. The molecule has 0 unspecified atom stereocenters. The molecule has 1 aliphatic heterocycles. The lowest BCUT2D eigenvalue weighted by Gasteiger charge is -2.00. The van der Waals surface area contributed by atoms with Crippen molar-refractivity contribution in [3.05, 3.63) is 70.9 Å². The molecule has 4 nitrogen and oxygen atoms in total. The molecule has 4 heteroatoms. The minimum Gasteiger partial charge on any atom is -0.497 e. The molecule has 0 radical (unpaired) electrons. The van der Waals surface area contributed by atoms with Crippen LogP contribution < -0.4 is 10.1 Å². The van der Waals surface area contributed by atoms with Crippen molar-refractivity contribution in [2.45, 2.75) is 6.92 Å². The number of aliphatic imine (C=N–C) groups is 1. The second-order valence-corrected chi connectivity index (χ2v) is 5.09.